The molecule has 4 rings (SSSR count). The number of benzene rings is 2. The lowest BCUT2D eigenvalue weighted by Gasteiger charge is -2.21. The molecule has 7 nitrogen and oxygen atoms in total. The number of rotatable bonds is 6. The van der Waals surface area contributed by atoms with Crippen molar-refractivity contribution in [2.24, 2.45) is 5.92 Å². The van der Waals surface area contributed by atoms with Crippen LogP contribution in [0.5, 0.6) is 11.5 Å². The lowest BCUT2D eigenvalue weighted by atomic mass is 10.0. The highest BCUT2D eigenvalue weighted by molar-refractivity contribution is 5.97. The molecule has 0 bridgehead atoms. The number of amides is 2. The predicted octanol–water partition coefficient (Wildman–Crippen LogP) is 4.62. The smallest absolute Gasteiger partial charge is 0.408 e. The fraction of sp³-hybridized carbons (Fsp3) is 0.417. The molecule has 1 aliphatic carbocycles. The van der Waals surface area contributed by atoms with Gasteiger partial charge in [-0.1, -0.05) is 44.2 Å². The van der Waals surface area contributed by atoms with Crippen molar-refractivity contribution in [2.75, 3.05) is 5.32 Å². The van der Waals surface area contributed by atoms with Crippen molar-refractivity contribution in [3.8, 4) is 11.5 Å². The Morgan fingerprint density at radius 1 is 1.03 bits per heavy atom. The Bertz CT molecular complexity index is 938. The number of nitrogens with one attached hydrogen (secondary N) is 2. The quantitative estimate of drug-likeness (QED) is 0.707. The highest BCUT2D eigenvalue weighted by atomic mass is 16.7. The van der Waals surface area contributed by atoms with Crippen LogP contribution in [0.4, 0.5) is 10.5 Å². The summed E-state index contributed by atoms with van der Waals surface area (Å²) in [6, 6.07) is 14.0. The molecule has 2 N–H and O–H groups in total. The van der Waals surface area contributed by atoms with Crippen molar-refractivity contribution >= 4 is 17.7 Å². The van der Waals surface area contributed by atoms with E-state index in [0.717, 1.165) is 31.2 Å². The number of hydrogen-bond donors (Lipinski definition) is 2. The molecule has 0 saturated heterocycles. The lowest BCUT2D eigenvalue weighted by molar-refractivity contribution is -0.119. The number of hydrogen-bond acceptors (Lipinski definition) is 5. The van der Waals surface area contributed by atoms with E-state index < -0.39 is 17.9 Å². The SMILES string of the molecule is CC(C)C(NC(=O)OCc1ccccc1)C(=O)Nc1ccc2c(c1)OC1(CCCC1)O2. The van der Waals surface area contributed by atoms with Crippen molar-refractivity contribution in [3.63, 3.8) is 0 Å². The van der Waals surface area contributed by atoms with Gasteiger partial charge in [0.2, 0.25) is 5.91 Å². The van der Waals surface area contributed by atoms with Gasteiger partial charge in [-0.15, -0.1) is 0 Å². The second kappa shape index (κ2) is 8.88. The fourth-order valence-corrected chi connectivity index (χ4v) is 3.94. The first-order valence-electron chi connectivity index (χ1n) is 10.7. The molecule has 1 unspecified atom stereocenters. The van der Waals surface area contributed by atoms with Crippen LogP contribution in [0.1, 0.15) is 45.1 Å². The number of anilines is 1. The van der Waals surface area contributed by atoms with E-state index in [-0.39, 0.29) is 18.4 Å². The van der Waals surface area contributed by atoms with Crippen LogP contribution in [0.15, 0.2) is 48.5 Å². The molecule has 1 atom stereocenters. The van der Waals surface area contributed by atoms with Crippen molar-refractivity contribution in [1.82, 2.24) is 5.32 Å². The van der Waals surface area contributed by atoms with Crippen LogP contribution in [0.2, 0.25) is 0 Å². The summed E-state index contributed by atoms with van der Waals surface area (Å²) in [4.78, 5) is 25.1. The predicted molar refractivity (Wildman–Crippen MR) is 116 cm³/mol. The van der Waals surface area contributed by atoms with Crippen LogP contribution in [0.25, 0.3) is 0 Å². The van der Waals surface area contributed by atoms with E-state index in [0.29, 0.717) is 17.2 Å². The summed E-state index contributed by atoms with van der Waals surface area (Å²) in [6.07, 6.45) is 3.27. The molecule has 0 radical (unpaired) electrons. The molecular formula is C24H28N2O5. The molecule has 2 aromatic rings. The normalized spacial score (nSPS) is 16.9. The zero-order valence-corrected chi connectivity index (χ0v) is 17.9. The molecule has 1 saturated carbocycles. The zero-order chi connectivity index (χ0) is 21.8. The van der Waals surface area contributed by atoms with Gasteiger partial charge in [-0.05, 0) is 36.5 Å². The monoisotopic (exact) mass is 424 g/mol. The first-order chi connectivity index (χ1) is 14.9. The molecule has 1 spiro atoms. The van der Waals surface area contributed by atoms with Crippen LogP contribution in [-0.2, 0) is 16.1 Å². The van der Waals surface area contributed by atoms with Gasteiger partial charge in [0.15, 0.2) is 11.5 Å². The van der Waals surface area contributed by atoms with Gasteiger partial charge in [0.25, 0.3) is 5.79 Å². The van der Waals surface area contributed by atoms with E-state index >= 15 is 0 Å². The second-order valence-electron chi connectivity index (χ2n) is 8.40. The van der Waals surface area contributed by atoms with E-state index in [4.69, 9.17) is 14.2 Å². The maximum absolute atomic E-state index is 12.9. The van der Waals surface area contributed by atoms with Gasteiger partial charge in [0, 0.05) is 24.6 Å². The Morgan fingerprint density at radius 2 is 1.74 bits per heavy atom. The standard InChI is InChI=1S/C24H28N2O5/c1-16(2)21(26-23(28)29-15-17-8-4-3-5-9-17)22(27)25-18-10-11-19-20(14-18)31-24(30-19)12-6-7-13-24/h3-5,8-11,14,16,21H,6-7,12-13,15H2,1-2H3,(H,25,27)(H,26,28). The minimum absolute atomic E-state index is 0.125. The first-order valence-corrected chi connectivity index (χ1v) is 10.7. The maximum Gasteiger partial charge on any atom is 0.408 e. The molecule has 31 heavy (non-hydrogen) atoms. The summed E-state index contributed by atoms with van der Waals surface area (Å²) in [6.45, 7) is 3.87. The topological polar surface area (TPSA) is 85.9 Å². The van der Waals surface area contributed by atoms with E-state index in [1.807, 2.05) is 50.2 Å². The van der Waals surface area contributed by atoms with Gasteiger partial charge < -0.3 is 24.8 Å². The van der Waals surface area contributed by atoms with E-state index in [9.17, 15) is 9.59 Å². The average Bonchev–Trinajstić information content (AvgIpc) is 3.36. The van der Waals surface area contributed by atoms with Crippen LogP contribution in [-0.4, -0.2) is 23.8 Å². The molecule has 1 heterocycles. The summed E-state index contributed by atoms with van der Waals surface area (Å²) in [5, 5.41) is 5.54. The summed E-state index contributed by atoms with van der Waals surface area (Å²) < 4.78 is 17.3. The Kier molecular flexibility index (Phi) is 6.02. The summed E-state index contributed by atoms with van der Waals surface area (Å²) >= 11 is 0. The third-order valence-electron chi connectivity index (χ3n) is 5.60. The maximum atomic E-state index is 12.9. The molecule has 2 aromatic carbocycles. The molecule has 1 fully saturated rings. The van der Waals surface area contributed by atoms with Crippen molar-refractivity contribution < 1.29 is 23.8 Å². The number of carbonyl (C=O) groups excluding carboxylic acids is 2. The number of carbonyl (C=O) groups is 2. The van der Waals surface area contributed by atoms with Crippen molar-refractivity contribution in [3.05, 3.63) is 54.1 Å². The molecule has 2 amide bonds. The first kappa shape index (κ1) is 21.0. The minimum atomic E-state index is -0.741. The van der Waals surface area contributed by atoms with Crippen molar-refractivity contribution in [1.29, 1.82) is 0 Å². The van der Waals surface area contributed by atoms with E-state index in [2.05, 4.69) is 10.6 Å². The molecule has 2 aliphatic rings. The molecule has 7 heteroatoms. The lowest BCUT2D eigenvalue weighted by Crippen LogP contribution is -2.47. The Labute approximate surface area is 182 Å². The van der Waals surface area contributed by atoms with Crippen LogP contribution >= 0.6 is 0 Å². The molecule has 164 valence electrons. The molecule has 1 aliphatic heterocycles. The Hall–Kier alpha value is -3.22. The van der Waals surface area contributed by atoms with Gasteiger partial charge in [-0.25, -0.2) is 4.79 Å². The minimum Gasteiger partial charge on any atom is -0.448 e. The highest BCUT2D eigenvalue weighted by Gasteiger charge is 2.44. The largest absolute Gasteiger partial charge is 0.448 e. The Morgan fingerprint density at radius 3 is 2.45 bits per heavy atom. The zero-order valence-electron chi connectivity index (χ0n) is 17.9. The summed E-state index contributed by atoms with van der Waals surface area (Å²) in [5.41, 5.74) is 1.47. The Balaban J connectivity index is 1.35. The van der Waals surface area contributed by atoms with Gasteiger partial charge in [-0.2, -0.15) is 0 Å². The average molecular weight is 424 g/mol. The summed E-state index contributed by atoms with van der Waals surface area (Å²) in [5.74, 6) is 0.343. The highest BCUT2D eigenvalue weighted by Crippen LogP contribution is 2.47. The van der Waals surface area contributed by atoms with E-state index in [1.165, 1.54) is 0 Å². The number of ether oxygens (including phenoxy) is 3. The molecular weight excluding hydrogens is 396 g/mol. The summed E-state index contributed by atoms with van der Waals surface area (Å²) in [7, 11) is 0. The second-order valence-corrected chi connectivity index (χ2v) is 8.40. The van der Waals surface area contributed by atoms with Crippen LogP contribution in [0, 0.1) is 5.92 Å². The van der Waals surface area contributed by atoms with Gasteiger partial charge in [-0.3, -0.25) is 4.79 Å². The fourth-order valence-electron chi connectivity index (χ4n) is 3.94. The third-order valence-corrected chi connectivity index (χ3v) is 5.60. The van der Waals surface area contributed by atoms with Crippen LogP contribution < -0.4 is 20.1 Å². The van der Waals surface area contributed by atoms with Crippen LogP contribution in [0.3, 0.4) is 0 Å². The van der Waals surface area contributed by atoms with Gasteiger partial charge in [0.05, 0.1) is 0 Å². The van der Waals surface area contributed by atoms with E-state index in [1.54, 1.807) is 12.1 Å². The number of fused-ring (bicyclic) bond motifs is 1. The molecule has 0 aromatic heterocycles. The van der Waals surface area contributed by atoms with Gasteiger partial charge in [0.1, 0.15) is 12.6 Å². The van der Waals surface area contributed by atoms with Gasteiger partial charge >= 0.3 is 6.09 Å². The number of alkyl carbamates (subject to hydrolysis) is 1. The third kappa shape index (κ3) is 4.93. The van der Waals surface area contributed by atoms with Crippen molar-refractivity contribution in [2.45, 2.75) is 58.0 Å².